The molecule has 0 heterocycles. The summed E-state index contributed by atoms with van der Waals surface area (Å²) in [6, 6.07) is 15.3. The van der Waals surface area contributed by atoms with Gasteiger partial charge in [0, 0.05) is 12.6 Å². The maximum atomic E-state index is 12.3. The van der Waals surface area contributed by atoms with Gasteiger partial charge in [0.15, 0.2) is 0 Å². The minimum atomic E-state index is -0.151. The summed E-state index contributed by atoms with van der Waals surface area (Å²) in [5, 5.41) is 2.95. The molecule has 2 rings (SSSR count). The molecule has 1 N–H and O–H groups in total. The minimum Gasteiger partial charge on any atom is -0.497 e. The monoisotopic (exact) mass is 299 g/mol. The van der Waals surface area contributed by atoms with Gasteiger partial charge in [0.25, 0.3) is 5.91 Å². The van der Waals surface area contributed by atoms with Crippen LogP contribution in [-0.2, 0) is 0 Å². The third-order valence-electron chi connectivity index (χ3n) is 3.59. The molecule has 1 unspecified atom stereocenters. The summed E-state index contributed by atoms with van der Waals surface area (Å²) in [5.74, 6) is 1.26. The lowest BCUT2D eigenvalue weighted by Gasteiger charge is -2.14. The van der Waals surface area contributed by atoms with Crippen molar-refractivity contribution >= 4 is 5.91 Å². The number of carbonyl (C=O) groups excluding carboxylic acids is 1. The number of amides is 1. The Kier molecular flexibility index (Phi) is 5.42. The molecule has 116 valence electrons. The van der Waals surface area contributed by atoms with Crippen molar-refractivity contribution < 1.29 is 14.3 Å². The van der Waals surface area contributed by atoms with E-state index in [2.05, 4.69) is 24.4 Å². The van der Waals surface area contributed by atoms with Crippen LogP contribution in [0.3, 0.4) is 0 Å². The second-order valence-corrected chi connectivity index (χ2v) is 5.09. The number of carbonyl (C=O) groups is 1. The summed E-state index contributed by atoms with van der Waals surface area (Å²) >= 11 is 0. The van der Waals surface area contributed by atoms with E-state index in [4.69, 9.17) is 9.47 Å². The Balaban J connectivity index is 2.03. The number of rotatable bonds is 6. The van der Waals surface area contributed by atoms with Crippen molar-refractivity contribution in [1.29, 1.82) is 0 Å². The van der Waals surface area contributed by atoms with Gasteiger partial charge in [-0.3, -0.25) is 4.79 Å². The molecule has 0 aliphatic rings. The second-order valence-electron chi connectivity index (χ2n) is 5.09. The summed E-state index contributed by atoms with van der Waals surface area (Å²) in [5.41, 5.74) is 1.70. The predicted octanol–water partition coefficient (Wildman–Crippen LogP) is 3.24. The maximum Gasteiger partial charge on any atom is 0.255 e. The van der Waals surface area contributed by atoms with Crippen LogP contribution in [0.5, 0.6) is 11.5 Å². The van der Waals surface area contributed by atoms with E-state index in [0.717, 1.165) is 0 Å². The van der Waals surface area contributed by atoms with Crippen LogP contribution in [0.1, 0.15) is 28.8 Å². The fourth-order valence-corrected chi connectivity index (χ4v) is 2.23. The van der Waals surface area contributed by atoms with E-state index in [0.29, 0.717) is 23.6 Å². The molecule has 0 fully saturated rings. The Morgan fingerprint density at radius 2 is 1.82 bits per heavy atom. The van der Waals surface area contributed by atoms with Crippen molar-refractivity contribution in [3.05, 3.63) is 59.7 Å². The molecule has 0 aromatic heterocycles. The normalized spacial score (nSPS) is 11.6. The molecule has 2 aromatic carbocycles. The van der Waals surface area contributed by atoms with Crippen molar-refractivity contribution in [3.63, 3.8) is 0 Å². The minimum absolute atomic E-state index is 0.151. The van der Waals surface area contributed by atoms with Gasteiger partial charge in [-0.05, 0) is 23.6 Å². The number of methoxy groups -OCH3 is 2. The van der Waals surface area contributed by atoms with Crippen LogP contribution in [0, 0.1) is 0 Å². The molecular weight excluding hydrogens is 278 g/mol. The van der Waals surface area contributed by atoms with Gasteiger partial charge < -0.3 is 14.8 Å². The molecule has 0 spiro atoms. The number of benzene rings is 2. The van der Waals surface area contributed by atoms with Crippen molar-refractivity contribution in [2.45, 2.75) is 12.8 Å². The average molecular weight is 299 g/mol. The number of ether oxygens (including phenoxy) is 2. The first kappa shape index (κ1) is 15.9. The molecule has 0 saturated carbocycles. The highest BCUT2D eigenvalue weighted by Crippen LogP contribution is 2.24. The summed E-state index contributed by atoms with van der Waals surface area (Å²) < 4.78 is 10.4. The predicted molar refractivity (Wildman–Crippen MR) is 86.7 cm³/mol. The summed E-state index contributed by atoms with van der Waals surface area (Å²) in [4.78, 5) is 12.3. The Morgan fingerprint density at radius 1 is 1.09 bits per heavy atom. The molecule has 22 heavy (non-hydrogen) atoms. The fourth-order valence-electron chi connectivity index (χ4n) is 2.23. The molecule has 1 atom stereocenters. The van der Waals surface area contributed by atoms with Gasteiger partial charge in [0.1, 0.15) is 11.5 Å². The lowest BCUT2D eigenvalue weighted by atomic mass is 10.0. The Bertz CT molecular complexity index is 625. The zero-order valence-electron chi connectivity index (χ0n) is 13.1. The SMILES string of the molecule is COc1ccc(C(=O)NCC(C)c2ccccc2)c(OC)c1. The van der Waals surface area contributed by atoms with E-state index in [9.17, 15) is 4.79 Å². The summed E-state index contributed by atoms with van der Waals surface area (Å²) in [6.07, 6.45) is 0. The Labute approximate surface area is 131 Å². The van der Waals surface area contributed by atoms with Gasteiger partial charge in [-0.15, -0.1) is 0 Å². The van der Waals surface area contributed by atoms with E-state index in [1.165, 1.54) is 12.7 Å². The van der Waals surface area contributed by atoms with Crippen molar-refractivity contribution in [1.82, 2.24) is 5.32 Å². The van der Waals surface area contributed by atoms with Crippen LogP contribution in [0.25, 0.3) is 0 Å². The smallest absolute Gasteiger partial charge is 0.255 e. The molecule has 0 bridgehead atoms. The maximum absolute atomic E-state index is 12.3. The van der Waals surface area contributed by atoms with Gasteiger partial charge in [-0.2, -0.15) is 0 Å². The van der Waals surface area contributed by atoms with E-state index < -0.39 is 0 Å². The highest BCUT2D eigenvalue weighted by Gasteiger charge is 2.14. The first-order valence-electron chi connectivity index (χ1n) is 7.21. The van der Waals surface area contributed by atoms with Crippen LogP contribution in [0.15, 0.2) is 48.5 Å². The molecule has 4 heteroatoms. The summed E-state index contributed by atoms with van der Waals surface area (Å²) in [7, 11) is 3.12. The van der Waals surface area contributed by atoms with E-state index in [1.807, 2.05) is 18.2 Å². The lowest BCUT2D eigenvalue weighted by Crippen LogP contribution is -2.27. The topological polar surface area (TPSA) is 47.6 Å². The molecule has 4 nitrogen and oxygen atoms in total. The van der Waals surface area contributed by atoms with E-state index >= 15 is 0 Å². The average Bonchev–Trinajstić information content (AvgIpc) is 2.59. The Morgan fingerprint density at radius 3 is 2.45 bits per heavy atom. The zero-order valence-corrected chi connectivity index (χ0v) is 13.1. The molecular formula is C18H21NO3. The van der Waals surface area contributed by atoms with Gasteiger partial charge in [0.05, 0.1) is 19.8 Å². The van der Waals surface area contributed by atoms with Crippen molar-refractivity contribution in [2.24, 2.45) is 0 Å². The van der Waals surface area contributed by atoms with Crippen LogP contribution in [0.4, 0.5) is 0 Å². The third-order valence-corrected chi connectivity index (χ3v) is 3.59. The number of hydrogen-bond donors (Lipinski definition) is 1. The largest absolute Gasteiger partial charge is 0.497 e. The standard InChI is InChI=1S/C18H21NO3/c1-13(14-7-5-4-6-8-14)12-19-18(20)16-10-9-15(21-2)11-17(16)22-3/h4-11,13H,12H2,1-3H3,(H,19,20). The first-order chi connectivity index (χ1) is 10.7. The quantitative estimate of drug-likeness (QED) is 0.891. The molecule has 1 amide bonds. The third kappa shape index (κ3) is 3.79. The lowest BCUT2D eigenvalue weighted by molar-refractivity contribution is 0.0948. The molecule has 0 saturated heterocycles. The molecule has 2 aromatic rings. The highest BCUT2D eigenvalue weighted by molar-refractivity contribution is 5.97. The molecule has 0 aliphatic carbocycles. The van der Waals surface area contributed by atoms with Crippen LogP contribution in [0.2, 0.25) is 0 Å². The highest BCUT2D eigenvalue weighted by atomic mass is 16.5. The van der Waals surface area contributed by atoms with E-state index in [-0.39, 0.29) is 11.8 Å². The number of nitrogens with one attached hydrogen (secondary N) is 1. The van der Waals surface area contributed by atoms with Gasteiger partial charge in [-0.25, -0.2) is 0 Å². The van der Waals surface area contributed by atoms with Gasteiger partial charge in [0.2, 0.25) is 0 Å². The zero-order chi connectivity index (χ0) is 15.9. The fraction of sp³-hybridized carbons (Fsp3) is 0.278. The van der Waals surface area contributed by atoms with Gasteiger partial charge >= 0.3 is 0 Å². The molecule has 0 aliphatic heterocycles. The molecule has 0 radical (unpaired) electrons. The second kappa shape index (κ2) is 7.50. The van der Waals surface area contributed by atoms with Crippen molar-refractivity contribution in [3.8, 4) is 11.5 Å². The van der Waals surface area contributed by atoms with Crippen LogP contribution < -0.4 is 14.8 Å². The van der Waals surface area contributed by atoms with Crippen molar-refractivity contribution in [2.75, 3.05) is 20.8 Å². The first-order valence-corrected chi connectivity index (χ1v) is 7.21. The van der Waals surface area contributed by atoms with E-state index in [1.54, 1.807) is 25.3 Å². The van der Waals surface area contributed by atoms with Crippen LogP contribution >= 0.6 is 0 Å². The number of hydrogen-bond acceptors (Lipinski definition) is 3. The van der Waals surface area contributed by atoms with Crippen LogP contribution in [-0.4, -0.2) is 26.7 Å². The van der Waals surface area contributed by atoms with Gasteiger partial charge in [-0.1, -0.05) is 37.3 Å². The summed E-state index contributed by atoms with van der Waals surface area (Å²) in [6.45, 7) is 2.65. The Hall–Kier alpha value is -2.49.